The van der Waals surface area contributed by atoms with Crippen LogP contribution in [0.15, 0.2) is 30.3 Å². The standard InChI is InChI=1S/C18H28N2/c1-14(2)18(15-8-4-3-5-9-15)20-13-7-11-17(20)16-10-6-12-19-16/h3-5,8-9,14,16-19H,6-7,10-13H2,1-2H3. The average Bonchev–Trinajstić information content (AvgIpc) is 3.09. The molecule has 0 aliphatic carbocycles. The van der Waals surface area contributed by atoms with E-state index in [-0.39, 0.29) is 0 Å². The Morgan fingerprint density at radius 1 is 1.10 bits per heavy atom. The van der Waals surface area contributed by atoms with Crippen LogP contribution in [-0.4, -0.2) is 30.1 Å². The van der Waals surface area contributed by atoms with Gasteiger partial charge in [-0.2, -0.15) is 0 Å². The maximum Gasteiger partial charge on any atom is 0.0374 e. The zero-order valence-corrected chi connectivity index (χ0v) is 12.9. The average molecular weight is 272 g/mol. The van der Waals surface area contributed by atoms with E-state index in [1.165, 1.54) is 44.3 Å². The van der Waals surface area contributed by atoms with Crippen LogP contribution in [-0.2, 0) is 0 Å². The van der Waals surface area contributed by atoms with Crippen LogP contribution in [0.5, 0.6) is 0 Å². The summed E-state index contributed by atoms with van der Waals surface area (Å²) in [6.07, 6.45) is 5.44. The molecule has 2 saturated heterocycles. The second-order valence-corrected chi connectivity index (χ2v) is 6.75. The Morgan fingerprint density at radius 2 is 1.90 bits per heavy atom. The van der Waals surface area contributed by atoms with Gasteiger partial charge >= 0.3 is 0 Å². The molecule has 0 radical (unpaired) electrons. The summed E-state index contributed by atoms with van der Waals surface area (Å²) in [5.74, 6) is 0.666. The summed E-state index contributed by atoms with van der Waals surface area (Å²) in [5, 5.41) is 3.73. The highest BCUT2D eigenvalue weighted by atomic mass is 15.2. The van der Waals surface area contributed by atoms with Crippen LogP contribution in [0.2, 0.25) is 0 Å². The fourth-order valence-corrected chi connectivity index (χ4v) is 4.24. The lowest BCUT2D eigenvalue weighted by Gasteiger charge is -2.38. The zero-order valence-electron chi connectivity index (χ0n) is 12.9. The van der Waals surface area contributed by atoms with Crippen LogP contribution in [0.3, 0.4) is 0 Å². The predicted molar refractivity (Wildman–Crippen MR) is 84.8 cm³/mol. The van der Waals surface area contributed by atoms with Gasteiger partial charge in [-0.15, -0.1) is 0 Å². The SMILES string of the molecule is CC(C)C(c1ccccc1)N1CCCC1C1CCCN1. The molecule has 1 aromatic rings. The third-order valence-corrected chi connectivity index (χ3v) is 5.03. The molecule has 1 aromatic carbocycles. The highest BCUT2D eigenvalue weighted by Gasteiger charge is 2.38. The fraction of sp³-hybridized carbons (Fsp3) is 0.667. The lowest BCUT2D eigenvalue weighted by atomic mass is 9.92. The maximum atomic E-state index is 3.73. The Hall–Kier alpha value is -0.860. The zero-order chi connectivity index (χ0) is 13.9. The minimum absolute atomic E-state index is 0.575. The van der Waals surface area contributed by atoms with Gasteiger partial charge in [0.2, 0.25) is 0 Å². The number of likely N-dealkylation sites (tertiary alicyclic amines) is 1. The van der Waals surface area contributed by atoms with E-state index in [2.05, 4.69) is 54.4 Å². The van der Waals surface area contributed by atoms with Gasteiger partial charge in [-0.1, -0.05) is 44.2 Å². The van der Waals surface area contributed by atoms with Crippen LogP contribution >= 0.6 is 0 Å². The van der Waals surface area contributed by atoms with E-state index in [4.69, 9.17) is 0 Å². The number of hydrogen-bond donors (Lipinski definition) is 1. The van der Waals surface area contributed by atoms with Gasteiger partial charge in [0.15, 0.2) is 0 Å². The Bertz CT molecular complexity index is 409. The van der Waals surface area contributed by atoms with E-state index in [1.807, 2.05) is 0 Å². The molecule has 2 heterocycles. The molecule has 3 unspecified atom stereocenters. The van der Waals surface area contributed by atoms with E-state index >= 15 is 0 Å². The van der Waals surface area contributed by atoms with Gasteiger partial charge in [-0.05, 0) is 50.3 Å². The van der Waals surface area contributed by atoms with Crippen LogP contribution in [0.1, 0.15) is 51.1 Å². The molecule has 0 spiro atoms. The van der Waals surface area contributed by atoms with E-state index < -0.39 is 0 Å². The Morgan fingerprint density at radius 3 is 2.55 bits per heavy atom. The third kappa shape index (κ3) is 2.77. The van der Waals surface area contributed by atoms with Crippen LogP contribution in [0.25, 0.3) is 0 Å². The third-order valence-electron chi connectivity index (χ3n) is 5.03. The summed E-state index contributed by atoms with van der Waals surface area (Å²) in [6, 6.07) is 13.1. The van der Waals surface area contributed by atoms with Crippen molar-refractivity contribution in [3.05, 3.63) is 35.9 Å². The molecule has 20 heavy (non-hydrogen) atoms. The van der Waals surface area contributed by atoms with Crippen LogP contribution < -0.4 is 5.32 Å². The lowest BCUT2D eigenvalue weighted by molar-refractivity contribution is 0.119. The summed E-state index contributed by atoms with van der Waals surface area (Å²) >= 11 is 0. The molecule has 1 N–H and O–H groups in total. The molecule has 2 nitrogen and oxygen atoms in total. The van der Waals surface area contributed by atoms with Crippen molar-refractivity contribution in [1.29, 1.82) is 0 Å². The van der Waals surface area contributed by atoms with E-state index in [1.54, 1.807) is 0 Å². The number of benzene rings is 1. The van der Waals surface area contributed by atoms with Crippen molar-refractivity contribution in [2.24, 2.45) is 5.92 Å². The molecule has 3 rings (SSSR count). The molecule has 0 saturated carbocycles. The van der Waals surface area contributed by atoms with Crippen molar-refractivity contribution in [2.75, 3.05) is 13.1 Å². The van der Waals surface area contributed by atoms with Crippen molar-refractivity contribution < 1.29 is 0 Å². The van der Waals surface area contributed by atoms with Crippen LogP contribution in [0.4, 0.5) is 0 Å². The van der Waals surface area contributed by atoms with Crippen LogP contribution in [0, 0.1) is 5.92 Å². The van der Waals surface area contributed by atoms with Gasteiger partial charge in [0.05, 0.1) is 0 Å². The molecule has 2 heteroatoms. The first-order valence-corrected chi connectivity index (χ1v) is 8.31. The molecule has 0 amide bonds. The van der Waals surface area contributed by atoms with Crippen molar-refractivity contribution >= 4 is 0 Å². The molecule has 0 bridgehead atoms. The summed E-state index contributed by atoms with van der Waals surface area (Å²) in [5.41, 5.74) is 1.49. The highest BCUT2D eigenvalue weighted by molar-refractivity contribution is 5.20. The predicted octanol–water partition coefficient (Wildman–Crippen LogP) is 3.60. The van der Waals surface area contributed by atoms with Gasteiger partial charge in [0.1, 0.15) is 0 Å². The van der Waals surface area contributed by atoms with Gasteiger partial charge in [-0.3, -0.25) is 4.90 Å². The Labute approximate surface area is 123 Å². The molecular weight excluding hydrogens is 244 g/mol. The molecule has 0 aromatic heterocycles. The second kappa shape index (κ2) is 6.28. The fourth-order valence-electron chi connectivity index (χ4n) is 4.24. The summed E-state index contributed by atoms with van der Waals surface area (Å²) < 4.78 is 0. The molecule has 2 aliphatic heterocycles. The number of hydrogen-bond acceptors (Lipinski definition) is 2. The molecule has 110 valence electrons. The Balaban J connectivity index is 1.83. The molecule has 2 aliphatic rings. The maximum absolute atomic E-state index is 3.73. The van der Waals surface area contributed by atoms with E-state index in [0.717, 1.165) is 12.1 Å². The van der Waals surface area contributed by atoms with Crippen molar-refractivity contribution in [3.63, 3.8) is 0 Å². The smallest absolute Gasteiger partial charge is 0.0374 e. The summed E-state index contributed by atoms with van der Waals surface area (Å²) in [7, 11) is 0. The number of nitrogens with zero attached hydrogens (tertiary/aromatic N) is 1. The quantitative estimate of drug-likeness (QED) is 0.901. The van der Waals surface area contributed by atoms with Crippen molar-refractivity contribution in [1.82, 2.24) is 10.2 Å². The summed E-state index contributed by atoms with van der Waals surface area (Å²) in [4.78, 5) is 2.79. The van der Waals surface area contributed by atoms with Gasteiger partial charge < -0.3 is 5.32 Å². The van der Waals surface area contributed by atoms with Gasteiger partial charge in [-0.25, -0.2) is 0 Å². The molecule has 3 atom stereocenters. The first-order chi connectivity index (χ1) is 9.77. The molecule has 2 fully saturated rings. The van der Waals surface area contributed by atoms with E-state index in [9.17, 15) is 0 Å². The molecular formula is C18H28N2. The monoisotopic (exact) mass is 272 g/mol. The minimum Gasteiger partial charge on any atom is -0.312 e. The minimum atomic E-state index is 0.575. The first kappa shape index (κ1) is 14.1. The second-order valence-electron chi connectivity index (χ2n) is 6.75. The Kier molecular flexibility index (Phi) is 4.42. The van der Waals surface area contributed by atoms with Gasteiger partial charge in [0, 0.05) is 18.1 Å². The van der Waals surface area contributed by atoms with Crippen molar-refractivity contribution in [2.45, 2.75) is 57.7 Å². The van der Waals surface area contributed by atoms with Gasteiger partial charge in [0.25, 0.3) is 0 Å². The largest absolute Gasteiger partial charge is 0.312 e. The normalized spacial score (nSPS) is 29.1. The number of rotatable bonds is 4. The van der Waals surface area contributed by atoms with Crippen molar-refractivity contribution in [3.8, 4) is 0 Å². The highest BCUT2D eigenvalue weighted by Crippen LogP contribution is 2.36. The summed E-state index contributed by atoms with van der Waals surface area (Å²) in [6.45, 7) is 7.22. The number of nitrogens with one attached hydrogen (secondary N) is 1. The van der Waals surface area contributed by atoms with E-state index in [0.29, 0.717) is 12.0 Å². The lowest BCUT2D eigenvalue weighted by Crippen LogP contribution is -2.46. The topological polar surface area (TPSA) is 15.3 Å². The first-order valence-electron chi connectivity index (χ1n) is 8.31.